The van der Waals surface area contributed by atoms with Crippen LogP contribution in [0.5, 0.6) is 0 Å². The summed E-state index contributed by atoms with van der Waals surface area (Å²) in [5.74, 6) is 0. The van der Waals surface area contributed by atoms with E-state index >= 15 is 0 Å². The standard InChI is InChI=1S/C18H27NO2/c1-16(2)11-19(12-17(3,4)21-16)13-18(5,14-20)15-9-7-6-8-10-15/h6-10,14H,11-13H2,1-5H3. The molecule has 0 N–H and O–H groups in total. The van der Waals surface area contributed by atoms with Gasteiger partial charge >= 0.3 is 0 Å². The summed E-state index contributed by atoms with van der Waals surface area (Å²) < 4.78 is 6.12. The van der Waals surface area contributed by atoms with Crippen LogP contribution in [0, 0.1) is 0 Å². The molecule has 1 fully saturated rings. The van der Waals surface area contributed by atoms with Crippen LogP contribution < -0.4 is 0 Å². The smallest absolute Gasteiger partial charge is 0.131 e. The number of nitrogens with zero attached hydrogens (tertiary/aromatic N) is 1. The number of hydrogen-bond acceptors (Lipinski definition) is 3. The van der Waals surface area contributed by atoms with Gasteiger partial charge in [-0.25, -0.2) is 0 Å². The van der Waals surface area contributed by atoms with Gasteiger partial charge in [0.05, 0.1) is 16.6 Å². The molecule has 0 saturated carbocycles. The number of carbonyl (C=O) groups excluding carboxylic acids is 1. The summed E-state index contributed by atoms with van der Waals surface area (Å²) >= 11 is 0. The molecular formula is C18H27NO2. The monoisotopic (exact) mass is 289 g/mol. The predicted octanol–water partition coefficient (Wildman–Crippen LogP) is 3.03. The molecule has 0 amide bonds. The van der Waals surface area contributed by atoms with Crippen LogP contribution in [0.15, 0.2) is 30.3 Å². The van der Waals surface area contributed by atoms with E-state index in [-0.39, 0.29) is 11.2 Å². The van der Waals surface area contributed by atoms with Crippen LogP contribution in [0.25, 0.3) is 0 Å². The number of rotatable bonds is 4. The number of benzene rings is 1. The molecule has 2 rings (SSSR count). The Labute approximate surface area is 128 Å². The molecule has 1 heterocycles. The Hall–Kier alpha value is -1.19. The molecular weight excluding hydrogens is 262 g/mol. The minimum Gasteiger partial charge on any atom is -0.367 e. The van der Waals surface area contributed by atoms with Crippen molar-refractivity contribution in [2.45, 2.75) is 51.2 Å². The van der Waals surface area contributed by atoms with E-state index < -0.39 is 5.41 Å². The third-order valence-electron chi connectivity index (χ3n) is 4.01. The minimum absolute atomic E-state index is 0.192. The fraction of sp³-hybridized carbons (Fsp3) is 0.611. The van der Waals surface area contributed by atoms with Crippen LogP contribution in [0.3, 0.4) is 0 Å². The number of aldehydes is 1. The predicted molar refractivity (Wildman–Crippen MR) is 85.5 cm³/mol. The normalized spacial score (nSPS) is 24.2. The Morgan fingerprint density at radius 2 is 1.67 bits per heavy atom. The molecule has 1 aromatic rings. The van der Waals surface area contributed by atoms with E-state index in [1.807, 2.05) is 37.3 Å². The molecule has 3 nitrogen and oxygen atoms in total. The molecule has 1 unspecified atom stereocenters. The van der Waals surface area contributed by atoms with E-state index in [1.54, 1.807) is 0 Å². The van der Waals surface area contributed by atoms with Crippen molar-refractivity contribution in [1.29, 1.82) is 0 Å². The Bertz CT molecular complexity index is 479. The first-order valence-corrected chi connectivity index (χ1v) is 7.60. The van der Waals surface area contributed by atoms with Gasteiger partial charge in [-0.2, -0.15) is 0 Å². The quantitative estimate of drug-likeness (QED) is 0.798. The molecule has 116 valence electrons. The van der Waals surface area contributed by atoms with Crippen molar-refractivity contribution in [2.24, 2.45) is 0 Å². The van der Waals surface area contributed by atoms with Crippen molar-refractivity contribution in [3.8, 4) is 0 Å². The maximum atomic E-state index is 11.8. The van der Waals surface area contributed by atoms with Gasteiger partial charge in [-0.15, -0.1) is 0 Å². The number of carbonyl (C=O) groups is 1. The highest BCUT2D eigenvalue weighted by Crippen LogP contribution is 2.31. The van der Waals surface area contributed by atoms with Crippen LogP contribution in [0.2, 0.25) is 0 Å². The molecule has 1 aliphatic heterocycles. The topological polar surface area (TPSA) is 29.5 Å². The molecule has 3 heteroatoms. The van der Waals surface area contributed by atoms with Crippen molar-refractivity contribution in [3.05, 3.63) is 35.9 Å². The Morgan fingerprint density at radius 3 is 2.14 bits per heavy atom. The Balaban J connectivity index is 2.20. The molecule has 0 spiro atoms. The highest BCUT2D eigenvalue weighted by Gasteiger charge is 2.40. The molecule has 0 bridgehead atoms. The highest BCUT2D eigenvalue weighted by atomic mass is 16.5. The average Bonchev–Trinajstić information content (AvgIpc) is 2.35. The third kappa shape index (κ3) is 3.92. The van der Waals surface area contributed by atoms with Crippen LogP contribution in [-0.4, -0.2) is 42.0 Å². The lowest BCUT2D eigenvalue weighted by Crippen LogP contribution is -2.59. The average molecular weight is 289 g/mol. The largest absolute Gasteiger partial charge is 0.367 e. The summed E-state index contributed by atoms with van der Waals surface area (Å²) in [4.78, 5) is 14.1. The fourth-order valence-corrected chi connectivity index (χ4v) is 3.54. The molecule has 1 saturated heterocycles. The van der Waals surface area contributed by atoms with E-state index in [0.717, 1.165) is 31.5 Å². The summed E-state index contributed by atoms with van der Waals surface area (Å²) in [6.07, 6.45) is 1.08. The summed E-state index contributed by atoms with van der Waals surface area (Å²) in [6.45, 7) is 12.9. The zero-order chi connectivity index (χ0) is 15.7. The number of ether oxygens (including phenoxy) is 1. The second-order valence-corrected chi connectivity index (χ2v) is 7.67. The fourth-order valence-electron chi connectivity index (χ4n) is 3.54. The second kappa shape index (κ2) is 5.54. The molecule has 1 aromatic carbocycles. The van der Waals surface area contributed by atoms with Crippen LogP contribution in [0.1, 0.15) is 40.2 Å². The van der Waals surface area contributed by atoms with Crippen LogP contribution in [0.4, 0.5) is 0 Å². The van der Waals surface area contributed by atoms with Crippen molar-refractivity contribution in [2.75, 3.05) is 19.6 Å². The van der Waals surface area contributed by atoms with Gasteiger partial charge < -0.3 is 9.53 Å². The molecule has 21 heavy (non-hydrogen) atoms. The van der Waals surface area contributed by atoms with Crippen LogP contribution >= 0.6 is 0 Å². The van der Waals surface area contributed by atoms with Gasteiger partial charge in [-0.05, 0) is 40.2 Å². The lowest BCUT2D eigenvalue weighted by atomic mass is 9.82. The van der Waals surface area contributed by atoms with Crippen molar-refractivity contribution < 1.29 is 9.53 Å². The summed E-state index contributed by atoms with van der Waals surface area (Å²) in [6, 6.07) is 10.0. The molecule has 0 aromatic heterocycles. The van der Waals surface area contributed by atoms with Gasteiger partial charge in [-0.1, -0.05) is 30.3 Å². The van der Waals surface area contributed by atoms with Gasteiger partial charge in [-0.3, -0.25) is 4.90 Å². The first kappa shape index (κ1) is 16.2. The molecule has 1 aliphatic rings. The molecule has 0 radical (unpaired) electrons. The van der Waals surface area contributed by atoms with E-state index in [0.29, 0.717) is 0 Å². The Morgan fingerprint density at radius 1 is 1.14 bits per heavy atom. The zero-order valence-electron chi connectivity index (χ0n) is 13.8. The van der Waals surface area contributed by atoms with Gasteiger partial charge in [0.2, 0.25) is 0 Å². The van der Waals surface area contributed by atoms with Crippen molar-refractivity contribution in [1.82, 2.24) is 4.90 Å². The maximum Gasteiger partial charge on any atom is 0.131 e. The van der Waals surface area contributed by atoms with Gasteiger partial charge in [0.1, 0.15) is 6.29 Å². The van der Waals surface area contributed by atoms with E-state index in [4.69, 9.17) is 4.74 Å². The molecule has 1 atom stereocenters. The number of hydrogen-bond donors (Lipinski definition) is 0. The van der Waals surface area contributed by atoms with Gasteiger partial charge in [0.25, 0.3) is 0 Å². The summed E-state index contributed by atoms with van der Waals surface area (Å²) in [5.41, 5.74) is 0.206. The first-order valence-electron chi connectivity index (χ1n) is 7.60. The van der Waals surface area contributed by atoms with Crippen molar-refractivity contribution in [3.63, 3.8) is 0 Å². The Kier molecular flexibility index (Phi) is 4.27. The van der Waals surface area contributed by atoms with E-state index in [9.17, 15) is 4.79 Å². The number of morpholine rings is 1. The van der Waals surface area contributed by atoms with Gasteiger partial charge in [0, 0.05) is 19.6 Å². The van der Waals surface area contributed by atoms with E-state index in [1.165, 1.54) is 0 Å². The third-order valence-corrected chi connectivity index (χ3v) is 4.01. The lowest BCUT2D eigenvalue weighted by Gasteiger charge is -2.48. The second-order valence-electron chi connectivity index (χ2n) is 7.67. The van der Waals surface area contributed by atoms with Gasteiger partial charge in [0.15, 0.2) is 0 Å². The van der Waals surface area contributed by atoms with Crippen LogP contribution in [-0.2, 0) is 14.9 Å². The minimum atomic E-state index is -0.481. The molecule has 0 aliphatic carbocycles. The highest BCUT2D eigenvalue weighted by molar-refractivity contribution is 5.68. The van der Waals surface area contributed by atoms with Crippen molar-refractivity contribution >= 4 is 6.29 Å². The van der Waals surface area contributed by atoms with E-state index in [2.05, 4.69) is 32.6 Å². The lowest BCUT2D eigenvalue weighted by molar-refractivity contribution is -0.182. The SMILES string of the molecule is CC1(C)CN(CC(C)(C=O)c2ccccc2)CC(C)(C)O1. The summed E-state index contributed by atoms with van der Waals surface area (Å²) in [7, 11) is 0. The maximum absolute atomic E-state index is 11.8. The first-order chi connectivity index (χ1) is 9.66. The summed E-state index contributed by atoms with van der Waals surface area (Å²) in [5, 5.41) is 0. The zero-order valence-corrected chi connectivity index (χ0v) is 13.8.